The molecule has 90 valence electrons. The number of carboxylic acids is 1. The molecule has 0 aliphatic rings. The molecule has 0 heterocycles. The summed E-state index contributed by atoms with van der Waals surface area (Å²) in [5, 5.41) is 11.1. The van der Waals surface area contributed by atoms with Gasteiger partial charge in [0.1, 0.15) is 11.6 Å². The van der Waals surface area contributed by atoms with Crippen molar-refractivity contribution in [3.05, 3.63) is 0 Å². The molecule has 0 spiro atoms. The van der Waals surface area contributed by atoms with E-state index < -0.39 is 23.7 Å². The Hall–Kier alpha value is -1.70. The molecule has 16 heavy (non-hydrogen) atoms. The highest BCUT2D eigenvalue weighted by Crippen LogP contribution is 2.07. The van der Waals surface area contributed by atoms with Crippen LogP contribution in [-0.2, 0) is 9.53 Å². The van der Waals surface area contributed by atoms with Gasteiger partial charge in [0.05, 0.1) is 0 Å². The molecule has 0 bridgehead atoms. The largest absolute Gasteiger partial charge is 0.480 e. The summed E-state index contributed by atoms with van der Waals surface area (Å²) >= 11 is 0. The molecule has 2 N–H and O–H groups in total. The minimum atomic E-state index is -1.12. The molecule has 0 fully saturated rings. The van der Waals surface area contributed by atoms with Gasteiger partial charge in [0.2, 0.25) is 0 Å². The topological polar surface area (TPSA) is 75.6 Å². The van der Waals surface area contributed by atoms with Crippen LogP contribution in [0.4, 0.5) is 4.79 Å². The highest BCUT2D eigenvalue weighted by molar-refractivity contribution is 5.79. The SMILES string of the molecule is C#CCCC(NC(=O)OC(C)(C)C)C(=O)O. The number of aliphatic carboxylic acids is 1. The highest BCUT2D eigenvalue weighted by atomic mass is 16.6. The first kappa shape index (κ1) is 14.3. The van der Waals surface area contributed by atoms with Gasteiger partial charge < -0.3 is 15.2 Å². The van der Waals surface area contributed by atoms with Crippen molar-refractivity contribution in [2.45, 2.75) is 45.3 Å². The smallest absolute Gasteiger partial charge is 0.408 e. The minimum Gasteiger partial charge on any atom is -0.480 e. The first-order chi connectivity index (χ1) is 7.26. The van der Waals surface area contributed by atoms with Gasteiger partial charge in [-0.05, 0) is 27.2 Å². The van der Waals surface area contributed by atoms with Crippen LogP contribution >= 0.6 is 0 Å². The Labute approximate surface area is 95.2 Å². The molecule has 5 nitrogen and oxygen atoms in total. The second kappa shape index (κ2) is 6.01. The number of carboxylic acid groups (broad SMARTS) is 1. The van der Waals surface area contributed by atoms with E-state index in [1.807, 2.05) is 0 Å². The van der Waals surface area contributed by atoms with Crippen molar-refractivity contribution in [3.8, 4) is 12.3 Å². The molecule has 0 radical (unpaired) electrons. The minimum absolute atomic E-state index is 0.186. The lowest BCUT2D eigenvalue weighted by Crippen LogP contribution is -2.43. The van der Waals surface area contributed by atoms with E-state index in [0.29, 0.717) is 0 Å². The lowest BCUT2D eigenvalue weighted by atomic mass is 10.1. The zero-order chi connectivity index (χ0) is 12.8. The molecule has 0 rings (SSSR count). The number of hydrogen-bond donors (Lipinski definition) is 2. The summed E-state index contributed by atoms with van der Waals surface area (Å²) in [4.78, 5) is 22.1. The number of terminal acetylenes is 1. The summed E-state index contributed by atoms with van der Waals surface area (Å²) in [6.07, 6.45) is 4.74. The van der Waals surface area contributed by atoms with E-state index in [4.69, 9.17) is 16.3 Å². The fraction of sp³-hybridized carbons (Fsp3) is 0.636. The van der Waals surface area contributed by atoms with Gasteiger partial charge in [-0.2, -0.15) is 0 Å². The average molecular weight is 227 g/mol. The molecule has 0 aromatic carbocycles. The van der Waals surface area contributed by atoms with Crippen LogP contribution in [0, 0.1) is 12.3 Å². The van der Waals surface area contributed by atoms with E-state index in [9.17, 15) is 9.59 Å². The monoisotopic (exact) mass is 227 g/mol. The lowest BCUT2D eigenvalue weighted by Gasteiger charge is -2.21. The number of rotatable bonds is 4. The molecule has 5 heteroatoms. The number of carbonyl (C=O) groups is 2. The van der Waals surface area contributed by atoms with E-state index >= 15 is 0 Å². The van der Waals surface area contributed by atoms with Gasteiger partial charge in [0.15, 0.2) is 0 Å². The van der Waals surface area contributed by atoms with E-state index in [0.717, 1.165) is 0 Å². The van der Waals surface area contributed by atoms with Crippen molar-refractivity contribution < 1.29 is 19.4 Å². The first-order valence-electron chi connectivity index (χ1n) is 4.92. The second-order valence-electron chi connectivity index (χ2n) is 4.28. The third-order valence-corrected chi connectivity index (χ3v) is 1.57. The fourth-order valence-electron chi connectivity index (χ4n) is 0.935. The van der Waals surface area contributed by atoms with E-state index in [2.05, 4.69) is 11.2 Å². The number of ether oxygens (including phenoxy) is 1. The summed E-state index contributed by atoms with van der Waals surface area (Å²) < 4.78 is 4.93. The summed E-state index contributed by atoms with van der Waals surface area (Å²) in [7, 11) is 0. The molecule has 0 aromatic rings. The molecule has 0 saturated carbocycles. The normalized spacial score (nSPS) is 12.4. The van der Waals surface area contributed by atoms with Gasteiger partial charge in [-0.25, -0.2) is 9.59 Å². The molecule has 1 unspecified atom stereocenters. The third-order valence-electron chi connectivity index (χ3n) is 1.57. The van der Waals surface area contributed by atoms with E-state index in [-0.39, 0.29) is 12.8 Å². The Morgan fingerprint density at radius 3 is 2.44 bits per heavy atom. The van der Waals surface area contributed by atoms with E-state index in [1.54, 1.807) is 20.8 Å². The molecule has 0 aliphatic carbocycles. The fourth-order valence-corrected chi connectivity index (χ4v) is 0.935. The predicted octanol–water partition coefficient (Wildman–Crippen LogP) is 1.38. The van der Waals surface area contributed by atoms with Crippen molar-refractivity contribution in [2.75, 3.05) is 0 Å². The molecule has 1 amide bonds. The van der Waals surface area contributed by atoms with Crippen molar-refractivity contribution >= 4 is 12.1 Å². The summed E-state index contributed by atoms with van der Waals surface area (Å²) in [6, 6.07) is -1.01. The van der Waals surface area contributed by atoms with Gasteiger partial charge in [0.25, 0.3) is 0 Å². The van der Waals surface area contributed by atoms with Crippen LogP contribution in [-0.4, -0.2) is 28.8 Å². The standard InChI is InChI=1S/C11H17NO4/c1-5-6-7-8(9(13)14)12-10(15)16-11(2,3)4/h1,8H,6-7H2,2-4H3,(H,12,15)(H,13,14). The zero-order valence-corrected chi connectivity index (χ0v) is 9.74. The number of nitrogens with one attached hydrogen (secondary N) is 1. The van der Waals surface area contributed by atoms with Gasteiger partial charge in [0, 0.05) is 6.42 Å². The van der Waals surface area contributed by atoms with Crippen molar-refractivity contribution in [1.82, 2.24) is 5.32 Å². The third kappa shape index (κ3) is 6.71. The second-order valence-corrected chi connectivity index (χ2v) is 4.28. The molecular formula is C11H17NO4. The Morgan fingerprint density at radius 1 is 1.50 bits per heavy atom. The molecule has 0 aliphatic heterocycles. The van der Waals surface area contributed by atoms with Crippen LogP contribution < -0.4 is 5.32 Å². The predicted molar refractivity (Wildman–Crippen MR) is 58.9 cm³/mol. The van der Waals surface area contributed by atoms with Crippen LogP contribution in [0.3, 0.4) is 0 Å². The van der Waals surface area contributed by atoms with Crippen molar-refractivity contribution in [1.29, 1.82) is 0 Å². The summed E-state index contributed by atoms with van der Waals surface area (Å²) in [5.74, 6) is 1.20. The van der Waals surface area contributed by atoms with Gasteiger partial charge in [-0.1, -0.05) is 0 Å². The highest BCUT2D eigenvalue weighted by Gasteiger charge is 2.23. The average Bonchev–Trinajstić information content (AvgIpc) is 2.08. The molecular weight excluding hydrogens is 210 g/mol. The molecule has 0 saturated heterocycles. The lowest BCUT2D eigenvalue weighted by molar-refractivity contribution is -0.139. The Morgan fingerprint density at radius 2 is 2.06 bits per heavy atom. The van der Waals surface area contributed by atoms with Crippen molar-refractivity contribution in [3.63, 3.8) is 0 Å². The summed E-state index contributed by atoms with van der Waals surface area (Å²) in [6.45, 7) is 5.09. The molecule has 0 aromatic heterocycles. The van der Waals surface area contributed by atoms with Crippen LogP contribution in [0.25, 0.3) is 0 Å². The Kier molecular flexibility index (Phi) is 5.37. The van der Waals surface area contributed by atoms with Crippen LogP contribution in [0.1, 0.15) is 33.6 Å². The van der Waals surface area contributed by atoms with Gasteiger partial charge in [-0.3, -0.25) is 0 Å². The zero-order valence-electron chi connectivity index (χ0n) is 9.74. The van der Waals surface area contributed by atoms with Gasteiger partial charge in [-0.15, -0.1) is 12.3 Å². The number of carbonyl (C=O) groups excluding carboxylic acids is 1. The van der Waals surface area contributed by atoms with Crippen LogP contribution in [0.2, 0.25) is 0 Å². The molecule has 1 atom stereocenters. The van der Waals surface area contributed by atoms with Crippen molar-refractivity contribution in [2.24, 2.45) is 0 Å². The quantitative estimate of drug-likeness (QED) is 0.711. The summed E-state index contributed by atoms with van der Waals surface area (Å²) in [5.41, 5.74) is -0.654. The number of amides is 1. The Bertz CT molecular complexity index is 298. The maximum Gasteiger partial charge on any atom is 0.408 e. The number of alkyl carbamates (subject to hydrolysis) is 1. The van der Waals surface area contributed by atoms with E-state index in [1.165, 1.54) is 0 Å². The first-order valence-corrected chi connectivity index (χ1v) is 4.92. The van der Waals surface area contributed by atoms with Crippen LogP contribution in [0.15, 0.2) is 0 Å². The maximum atomic E-state index is 11.3. The van der Waals surface area contributed by atoms with Gasteiger partial charge >= 0.3 is 12.1 Å². The van der Waals surface area contributed by atoms with Crippen LogP contribution in [0.5, 0.6) is 0 Å². The number of hydrogen-bond acceptors (Lipinski definition) is 3. The Balaban J connectivity index is 4.25. The maximum absolute atomic E-state index is 11.3.